The second kappa shape index (κ2) is 5.35. The zero-order valence-electron chi connectivity index (χ0n) is 13.5. The number of carbonyl (C=O) groups is 1. The summed E-state index contributed by atoms with van der Waals surface area (Å²) in [5.41, 5.74) is 4.96. The average molecular weight is 324 g/mol. The van der Waals surface area contributed by atoms with Crippen LogP contribution in [0.25, 0.3) is 10.9 Å². The third-order valence-electron chi connectivity index (χ3n) is 4.91. The molecule has 5 rings (SSSR count). The first-order chi connectivity index (χ1) is 12.3. The first-order valence-electron chi connectivity index (χ1n) is 8.38. The highest BCUT2D eigenvalue weighted by Crippen LogP contribution is 2.43. The van der Waals surface area contributed by atoms with E-state index in [-0.39, 0.29) is 11.9 Å². The van der Waals surface area contributed by atoms with Crippen LogP contribution < -0.4 is 4.90 Å². The number of H-pyrrole nitrogens is 1. The number of anilines is 1. The summed E-state index contributed by atoms with van der Waals surface area (Å²) < 4.78 is 0. The van der Waals surface area contributed by atoms with Crippen molar-refractivity contribution in [3.05, 3.63) is 102 Å². The molecule has 2 heterocycles. The fourth-order valence-corrected chi connectivity index (χ4v) is 3.80. The maximum atomic E-state index is 13.2. The molecule has 120 valence electrons. The van der Waals surface area contributed by atoms with Crippen molar-refractivity contribution in [1.82, 2.24) is 4.98 Å². The van der Waals surface area contributed by atoms with E-state index in [2.05, 4.69) is 23.2 Å². The summed E-state index contributed by atoms with van der Waals surface area (Å²) in [6, 6.07) is 25.9. The lowest BCUT2D eigenvalue weighted by Crippen LogP contribution is -2.28. The van der Waals surface area contributed by atoms with Crippen molar-refractivity contribution in [3.63, 3.8) is 0 Å². The van der Waals surface area contributed by atoms with Crippen molar-refractivity contribution in [2.24, 2.45) is 0 Å². The Kier molecular flexibility index (Phi) is 3.01. The predicted octanol–water partition coefficient (Wildman–Crippen LogP) is 4.92. The van der Waals surface area contributed by atoms with Gasteiger partial charge in [0.25, 0.3) is 5.91 Å². The number of para-hydroxylation sites is 2. The smallest absolute Gasteiger partial charge is 0.259 e. The molecule has 0 bridgehead atoms. The van der Waals surface area contributed by atoms with Crippen LogP contribution in [-0.2, 0) is 0 Å². The SMILES string of the molecule is O=C1c2ccccc2C(c2c[nH]c3ccccc23)N1c1ccccc1. The molecular formula is C22H16N2O. The maximum absolute atomic E-state index is 13.2. The number of aromatic amines is 1. The Balaban J connectivity index is 1.78. The van der Waals surface area contributed by atoms with Gasteiger partial charge in [-0.15, -0.1) is 0 Å². The minimum Gasteiger partial charge on any atom is -0.361 e. The van der Waals surface area contributed by atoms with Crippen molar-refractivity contribution in [2.75, 3.05) is 4.90 Å². The first kappa shape index (κ1) is 14.1. The Labute approximate surface area is 145 Å². The van der Waals surface area contributed by atoms with Gasteiger partial charge in [0.1, 0.15) is 0 Å². The Hall–Kier alpha value is -3.33. The molecule has 0 saturated heterocycles. The van der Waals surface area contributed by atoms with Gasteiger partial charge in [0, 0.05) is 33.9 Å². The van der Waals surface area contributed by atoms with Crippen LogP contribution in [-0.4, -0.2) is 10.9 Å². The van der Waals surface area contributed by atoms with E-state index in [1.54, 1.807) is 0 Å². The van der Waals surface area contributed by atoms with Crippen LogP contribution in [0.15, 0.2) is 85.1 Å². The molecule has 1 atom stereocenters. The number of nitrogens with one attached hydrogen (secondary N) is 1. The number of hydrogen-bond donors (Lipinski definition) is 1. The van der Waals surface area contributed by atoms with E-state index >= 15 is 0 Å². The number of rotatable bonds is 2. The molecular weight excluding hydrogens is 308 g/mol. The Morgan fingerprint density at radius 1 is 0.760 bits per heavy atom. The van der Waals surface area contributed by atoms with E-state index < -0.39 is 0 Å². The highest BCUT2D eigenvalue weighted by Gasteiger charge is 2.39. The minimum atomic E-state index is -0.123. The van der Waals surface area contributed by atoms with Crippen molar-refractivity contribution < 1.29 is 4.79 Å². The first-order valence-corrected chi connectivity index (χ1v) is 8.38. The molecule has 1 aliphatic rings. The molecule has 0 aliphatic carbocycles. The summed E-state index contributed by atoms with van der Waals surface area (Å²) >= 11 is 0. The van der Waals surface area contributed by atoms with Gasteiger partial charge in [-0.05, 0) is 29.8 Å². The van der Waals surface area contributed by atoms with Crippen molar-refractivity contribution in [2.45, 2.75) is 6.04 Å². The lowest BCUT2D eigenvalue weighted by atomic mass is 9.97. The molecule has 1 unspecified atom stereocenters. The molecule has 1 aliphatic heterocycles. The summed E-state index contributed by atoms with van der Waals surface area (Å²) in [7, 11) is 0. The third kappa shape index (κ3) is 2.02. The second-order valence-electron chi connectivity index (χ2n) is 6.29. The normalized spacial score (nSPS) is 16.4. The van der Waals surface area contributed by atoms with E-state index in [9.17, 15) is 4.79 Å². The van der Waals surface area contributed by atoms with E-state index in [1.165, 1.54) is 0 Å². The van der Waals surface area contributed by atoms with E-state index in [0.717, 1.165) is 33.3 Å². The molecule has 1 aromatic heterocycles. The molecule has 3 aromatic carbocycles. The lowest BCUT2D eigenvalue weighted by Gasteiger charge is -2.25. The molecule has 3 heteroatoms. The number of amides is 1. The summed E-state index contributed by atoms with van der Waals surface area (Å²) in [6.07, 6.45) is 2.03. The lowest BCUT2D eigenvalue weighted by molar-refractivity contribution is 0.0993. The van der Waals surface area contributed by atoms with Crippen LogP contribution in [0.1, 0.15) is 27.5 Å². The Morgan fingerprint density at radius 3 is 2.36 bits per heavy atom. The van der Waals surface area contributed by atoms with E-state index in [0.29, 0.717) is 0 Å². The molecule has 0 spiro atoms. The van der Waals surface area contributed by atoms with Gasteiger partial charge in [0.2, 0.25) is 0 Å². The summed E-state index contributed by atoms with van der Waals surface area (Å²) in [5.74, 6) is 0.0529. The van der Waals surface area contributed by atoms with Gasteiger partial charge in [0.05, 0.1) is 6.04 Å². The molecule has 0 saturated carbocycles. The van der Waals surface area contributed by atoms with Gasteiger partial charge < -0.3 is 4.98 Å². The number of aromatic nitrogens is 1. The highest BCUT2D eigenvalue weighted by molar-refractivity contribution is 6.12. The highest BCUT2D eigenvalue weighted by atomic mass is 16.2. The zero-order valence-corrected chi connectivity index (χ0v) is 13.5. The van der Waals surface area contributed by atoms with Crippen LogP contribution >= 0.6 is 0 Å². The van der Waals surface area contributed by atoms with Crippen LogP contribution in [0.3, 0.4) is 0 Å². The molecule has 0 radical (unpaired) electrons. The van der Waals surface area contributed by atoms with Crippen molar-refractivity contribution in [3.8, 4) is 0 Å². The Morgan fingerprint density at radius 2 is 1.48 bits per heavy atom. The minimum absolute atomic E-state index is 0.0529. The monoisotopic (exact) mass is 324 g/mol. The topological polar surface area (TPSA) is 36.1 Å². The molecule has 3 nitrogen and oxygen atoms in total. The zero-order chi connectivity index (χ0) is 16.8. The van der Waals surface area contributed by atoms with Crippen LogP contribution in [0, 0.1) is 0 Å². The predicted molar refractivity (Wildman–Crippen MR) is 99.8 cm³/mol. The molecule has 4 aromatic rings. The van der Waals surface area contributed by atoms with E-state index in [4.69, 9.17) is 0 Å². The van der Waals surface area contributed by atoms with Gasteiger partial charge >= 0.3 is 0 Å². The fourth-order valence-electron chi connectivity index (χ4n) is 3.80. The largest absolute Gasteiger partial charge is 0.361 e. The number of fused-ring (bicyclic) bond motifs is 2. The Bertz CT molecular complexity index is 1080. The van der Waals surface area contributed by atoms with Gasteiger partial charge in [0.15, 0.2) is 0 Å². The maximum Gasteiger partial charge on any atom is 0.259 e. The van der Waals surface area contributed by atoms with Gasteiger partial charge in [-0.2, -0.15) is 0 Å². The quantitative estimate of drug-likeness (QED) is 0.558. The second-order valence-corrected chi connectivity index (χ2v) is 6.29. The third-order valence-corrected chi connectivity index (χ3v) is 4.91. The molecule has 1 amide bonds. The van der Waals surface area contributed by atoms with Gasteiger partial charge in [-0.3, -0.25) is 9.69 Å². The standard InChI is InChI=1S/C22H16N2O/c25-22-18-12-5-4-11-17(18)21(24(22)15-8-2-1-3-9-15)19-14-23-20-13-7-6-10-16(19)20/h1-14,21,23H. The van der Waals surface area contributed by atoms with Gasteiger partial charge in [-0.1, -0.05) is 54.6 Å². The van der Waals surface area contributed by atoms with E-state index in [1.807, 2.05) is 71.8 Å². The number of benzene rings is 3. The molecule has 25 heavy (non-hydrogen) atoms. The fraction of sp³-hybridized carbons (Fsp3) is 0.0455. The number of hydrogen-bond acceptors (Lipinski definition) is 1. The summed E-state index contributed by atoms with van der Waals surface area (Å²) in [6.45, 7) is 0. The number of carbonyl (C=O) groups excluding carboxylic acids is 1. The summed E-state index contributed by atoms with van der Waals surface area (Å²) in [5, 5.41) is 1.15. The van der Waals surface area contributed by atoms with Crippen molar-refractivity contribution in [1.29, 1.82) is 0 Å². The van der Waals surface area contributed by atoms with Crippen LogP contribution in [0.2, 0.25) is 0 Å². The van der Waals surface area contributed by atoms with Crippen LogP contribution in [0.4, 0.5) is 5.69 Å². The average Bonchev–Trinajstić information content (AvgIpc) is 3.22. The van der Waals surface area contributed by atoms with Crippen LogP contribution in [0.5, 0.6) is 0 Å². The summed E-state index contributed by atoms with van der Waals surface area (Å²) in [4.78, 5) is 18.4. The van der Waals surface area contributed by atoms with Crippen molar-refractivity contribution >= 4 is 22.5 Å². The number of nitrogens with zero attached hydrogens (tertiary/aromatic N) is 1. The molecule has 0 fully saturated rings. The van der Waals surface area contributed by atoms with Gasteiger partial charge in [-0.25, -0.2) is 0 Å². The molecule has 1 N–H and O–H groups in total.